The third kappa shape index (κ3) is 3.44. The van der Waals surface area contributed by atoms with Gasteiger partial charge in [-0.2, -0.15) is 0 Å². The van der Waals surface area contributed by atoms with Crippen LogP contribution in [-0.4, -0.2) is 42.6 Å². The number of hydrogen-bond donors (Lipinski definition) is 0. The predicted octanol–water partition coefficient (Wildman–Crippen LogP) is 4.18. The van der Waals surface area contributed by atoms with E-state index in [0.717, 1.165) is 48.4 Å². The van der Waals surface area contributed by atoms with Crippen LogP contribution in [0.4, 0.5) is 0 Å². The Morgan fingerprint density at radius 3 is 2.76 bits per heavy atom. The van der Waals surface area contributed by atoms with Crippen LogP contribution >= 0.6 is 0 Å². The molecule has 1 aromatic heterocycles. The molecule has 2 heterocycles. The van der Waals surface area contributed by atoms with Crippen molar-refractivity contribution in [3.8, 4) is 5.75 Å². The van der Waals surface area contributed by atoms with Crippen LogP contribution in [-0.2, 0) is 10.2 Å². The molecule has 152 valence electrons. The van der Waals surface area contributed by atoms with Gasteiger partial charge in [0.05, 0.1) is 12.7 Å². The molecule has 1 aliphatic carbocycles. The minimum Gasteiger partial charge on any atom is -0.496 e. The maximum Gasteiger partial charge on any atom is 0.345 e. The van der Waals surface area contributed by atoms with Gasteiger partial charge in [-0.3, -0.25) is 9.88 Å². The molecule has 29 heavy (non-hydrogen) atoms. The second kappa shape index (κ2) is 7.64. The molecule has 1 aromatic carbocycles. The highest BCUT2D eigenvalue weighted by Gasteiger charge is 2.48. The third-order valence-corrected chi connectivity index (χ3v) is 6.57. The van der Waals surface area contributed by atoms with Gasteiger partial charge in [0, 0.05) is 30.3 Å². The standard InChI is InChI=1S/C24H28N2O3/c1-16-8-11-25-15-20(16)23(27)29-19-7-9-24(10-12-26(3)22(24)14-19)18-5-6-21(28-4)17(2)13-18/h5-6,8,11,13-15,22H,7,9-10,12H2,1-4H3. The molecule has 0 amide bonds. The predicted molar refractivity (Wildman–Crippen MR) is 112 cm³/mol. The molecular weight excluding hydrogens is 364 g/mol. The lowest BCUT2D eigenvalue weighted by molar-refractivity contribution is 0.0592. The second-order valence-electron chi connectivity index (χ2n) is 8.23. The summed E-state index contributed by atoms with van der Waals surface area (Å²) < 4.78 is 11.2. The van der Waals surface area contributed by atoms with Crippen LogP contribution < -0.4 is 4.74 Å². The minimum atomic E-state index is -0.324. The number of methoxy groups -OCH3 is 1. The van der Waals surface area contributed by atoms with E-state index in [9.17, 15) is 4.79 Å². The van der Waals surface area contributed by atoms with Crippen LogP contribution in [0.2, 0.25) is 0 Å². The van der Waals surface area contributed by atoms with E-state index in [2.05, 4.69) is 48.1 Å². The molecule has 0 saturated carbocycles. The number of likely N-dealkylation sites (tertiary alicyclic amines) is 1. The summed E-state index contributed by atoms with van der Waals surface area (Å²) in [6.45, 7) is 5.01. The molecule has 5 nitrogen and oxygen atoms in total. The molecule has 0 N–H and O–H groups in total. The van der Waals surface area contributed by atoms with E-state index in [1.165, 1.54) is 5.56 Å². The van der Waals surface area contributed by atoms with E-state index in [4.69, 9.17) is 9.47 Å². The topological polar surface area (TPSA) is 51.7 Å². The van der Waals surface area contributed by atoms with Crippen molar-refractivity contribution >= 4 is 5.97 Å². The van der Waals surface area contributed by atoms with E-state index in [-0.39, 0.29) is 17.4 Å². The maximum absolute atomic E-state index is 12.6. The number of carbonyl (C=O) groups is 1. The number of likely N-dealkylation sites (N-methyl/N-ethyl adjacent to an activating group) is 1. The highest BCUT2D eigenvalue weighted by Crippen LogP contribution is 2.48. The van der Waals surface area contributed by atoms with Crippen molar-refractivity contribution in [2.75, 3.05) is 20.7 Å². The smallest absolute Gasteiger partial charge is 0.345 e. The largest absolute Gasteiger partial charge is 0.496 e. The first-order valence-corrected chi connectivity index (χ1v) is 10.1. The zero-order chi connectivity index (χ0) is 20.6. The Bertz CT molecular complexity index is 968. The molecule has 1 fully saturated rings. The van der Waals surface area contributed by atoms with Crippen LogP contribution in [0.15, 0.2) is 48.5 Å². The van der Waals surface area contributed by atoms with E-state index >= 15 is 0 Å². The number of aromatic nitrogens is 1. The van der Waals surface area contributed by atoms with Crippen molar-refractivity contribution < 1.29 is 14.3 Å². The number of benzene rings is 1. The first-order valence-electron chi connectivity index (χ1n) is 10.1. The number of carbonyl (C=O) groups excluding carboxylic acids is 1. The summed E-state index contributed by atoms with van der Waals surface area (Å²) in [5, 5.41) is 0. The number of esters is 1. The van der Waals surface area contributed by atoms with Gasteiger partial charge in [-0.25, -0.2) is 4.79 Å². The van der Waals surface area contributed by atoms with Gasteiger partial charge in [0.1, 0.15) is 11.5 Å². The Hall–Kier alpha value is -2.66. The fourth-order valence-corrected chi connectivity index (χ4v) is 4.83. The van der Waals surface area contributed by atoms with Crippen LogP contribution in [0.25, 0.3) is 0 Å². The fraction of sp³-hybridized carbons (Fsp3) is 0.417. The lowest BCUT2D eigenvalue weighted by Gasteiger charge is -2.40. The summed E-state index contributed by atoms with van der Waals surface area (Å²) >= 11 is 0. The Labute approximate surface area is 172 Å². The van der Waals surface area contributed by atoms with Gasteiger partial charge in [0.15, 0.2) is 0 Å². The molecule has 5 heteroatoms. The quantitative estimate of drug-likeness (QED) is 0.731. The van der Waals surface area contributed by atoms with Crippen molar-refractivity contribution in [1.82, 2.24) is 9.88 Å². The molecule has 4 rings (SSSR count). The summed E-state index contributed by atoms with van der Waals surface area (Å²) in [5.74, 6) is 1.36. The Kier molecular flexibility index (Phi) is 5.17. The normalized spacial score (nSPS) is 24.0. The number of nitrogens with zero attached hydrogens (tertiary/aromatic N) is 2. The Morgan fingerprint density at radius 2 is 2.03 bits per heavy atom. The molecule has 2 aliphatic rings. The molecule has 0 radical (unpaired) electrons. The number of aryl methyl sites for hydroxylation is 2. The summed E-state index contributed by atoms with van der Waals surface area (Å²) in [5.41, 5.74) is 3.94. The van der Waals surface area contributed by atoms with E-state index < -0.39 is 0 Å². The zero-order valence-corrected chi connectivity index (χ0v) is 17.6. The first-order chi connectivity index (χ1) is 13.9. The molecule has 2 unspecified atom stereocenters. The molecule has 1 saturated heterocycles. The van der Waals surface area contributed by atoms with Crippen LogP contribution in [0.1, 0.15) is 46.3 Å². The van der Waals surface area contributed by atoms with Gasteiger partial charge in [-0.05, 0) is 75.2 Å². The van der Waals surface area contributed by atoms with Crippen LogP contribution in [0, 0.1) is 13.8 Å². The van der Waals surface area contributed by atoms with Crippen LogP contribution in [0.5, 0.6) is 5.75 Å². The molecule has 2 atom stereocenters. The molecular formula is C24H28N2O3. The highest BCUT2D eigenvalue weighted by molar-refractivity contribution is 5.91. The monoisotopic (exact) mass is 392 g/mol. The second-order valence-corrected chi connectivity index (χ2v) is 8.23. The summed E-state index contributed by atoms with van der Waals surface area (Å²) in [6, 6.07) is 8.56. The summed E-state index contributed by atoms with van der Waals surface area (Å²) in [7, 11) is 3.86. The van der Waals surface area contributed by atoms with Gasteiger partial charge in [-0.1, -0.05) is 12.1 Å². The van der Waals surface area contributed by atoms with Crippen molar-refractivity contribution in [3.05, 3.63) is 70.7 Å². The summed E-state index contributed by atoms with van der Waals surface area (Å²) in [6.07, 6.45) is 8.22. The number of fused-ring (bicyclic) bond motifs is 1. The van der Waals surface area contributed by atoms with Gasteiger partial charge in [0.2, 0.25) is 0 Å². The van der Waals surface area contributed by atoms with Crippen molar-refractivity contribution in [2.24, 2.45) is 0 Å². The lowest BCUT2D eigenvalue weighted by Crippen LogP contribution is -2.42. The number of allylic oxidation sites excluding steroid dienone is 1. The molecule has 2 aromatic rings. The fourth-order valence-electron chi connectivity index (χ4n) is 4.83. The number of rotatable bonds is 4. The van der Waals surface area contributed by atoms with Gasteiger partial charge >= 0.3 is 5.97 Å². The lowest BCUT2D eigenvalue weighted by atomic mass is 9.68. The molecule has 1 aliphatic heterocycles. The Balaban J connectivity index is 1.62. The molecule has 0 spiro atoms. The average Bonchev–Trinajstić information content (AvgIpc) is 3.05. The molecule has 0 bridgehead atoms. The maximum atomic E-state index is 12.6. The van der Waals surface area contributed by atoms with E-state index in [1.807, 2.05) is 13.0 Å². The highest BCUT2D eigenvalue weighted by atomic mass is 16.5. The van der Waals surface area contributed by atoms with E-state index in [1.54, 1.807) is 19.5 Å². The van der Waals surface area contributed by atoms with E-state index in [0.29, 0.717) is 5.56 Å². The first kappa shape index (κ1) is 19.6. The van der Waals surface area contributed by atoms with Crippen molar-refractivity contribution in [1.29, 1.82) is 0 Å². The third-order valence-electron chi connectivity index (χ3n) is 6.57. The van der Waals surface area contributed by atoms with Crippen molar-refractivity contribution in [2.45, 2.75) is 44.6 Å². The zero-order valence-electron chi connectivity index (χ0n) is 17.6. The number of ether oxygens (including phenoxy) is 2. The van der Waals surface area contributed by atoms with Crippen LogP contribution in [0.3, 0.4) is 0 Å². The Morgan fingerprint density at radius 1 is 1.21 bits per heavy atom. The summed E-state index contributed by atoms with van der Waals surface area (Å²) in [4.78, 5) is 19.1. The number of pyridine rings is 1. The van der Waals surface area contributed by atoms with Gasteiger partial charge < -0.3 is 9.47 Å². The number of hydrogen-bond acceptors (Lipinski definition) is 5. The minimum absolute atomic E-state index is 0.0475. The van der Waals surface area contributed by atoms with Gasteiger partial charge in [-0.15, -0.1) is 0 Å². The van der Waals surface area contributed by atoms with Crippen molar-refractivity contribution in [3.63, 3.8) is 0 Å². The average molecular weight is 392 g/mol. The van der Waals surface area contributed by atoms with Gasteiger partial charge in [0.25, 0.3) is 0 Å². The SMILES string of the molecule is COc1ccc(C23CCC(OC(=O)c4cnccc4C)=CC2N(C)CC3)cc1C.